The minimum atomic E-state index is -3.75. The third kappa shape index (κ3) is 4.81. The molecule has 0 bridgehead atoms. The first-order chi connectivity index (χ1) is 13.2. The summed E-state index contributed by atoms with van der Waals surface area (Å²) in [5.74, 6) is -0.144. The molecule has 0 N–H and O–H groups in total. The Bertz CT molecular complexity index is 916. The van der Waals surface area contributed by atoms with Gasteiger partial charge in [0.15, 0.2) is 0 Å². The molecule has 1 amide bonds. The summed E-state index contributed by atoms with van der Waals surface area (Å²) in [5, 5.41) is 0. The van der Waals surface area contributed by atoms with E-state index in [0.717, 1.165) is 20.9 Å². The molecule has 0 fully saturated rings. The standard InChI is InChI=1S/C20H25BrN2O4S/c1-5-14-23(15(2)18-8-6-7-9-19(18)21)20(24)16-10-12-17(13-11-16)28(25,26)22(3)27-4/h6-13,15H,5,14H2,1-4H3. The van der Waals surface area contributed by atoms with Gasteiger partial charge in [-0.25, -0.2) is 8.42 Å². The summed E-state index contributed by atoms with van der Waals surface area (Å²) in [7, 11) is -1.15. The molecule has 0 heterocycles. The Morgan fingerprint density at radius 1 is 1.14 bits per heavy atom. The smallest absolute Gasteiger partial charge is 0.264 e. The number of nitrogens with zero attached hydrogens (tertiary/aromatic N) is 2. The van der Waals surface area contributed by atoms with Gasteiger partial charge in [0.2, 0.25) is 0 Å². The van der Waals surface area contributed by atoms with Crippen molar-refractivity contribution in [1.29, 1.82) is 0 Å². The van der Waals surface area contributed by atoms with E-state index in [2.05, 4.69) is 15.9 Å². The predicted molar refractivity (Wildman–Crippen MR) is 112 cm³/mol. The third-order valence-electron chi connectivity index (χ3n) is 4.54. The monoisotopic (exact) mass is 468 g/mol. The van der Waals surface area contributed by atoms with Gasteiger partial charge < -0.3 is 4.90 Å². The molecule has 0 saturated carbocycles. The molecule has 0 spiro atoms. The quantitative estimate of drug-likeness (QED) is 0.543. The summed E-state index contributed by atoms with van der Waals surface area (Å²) < 4.78 is 26.3. The maximum atomic E-state index is 13.1. The lowest BCUT2D eigenvalue weighted by molar-refractivity contribution is -0.0258. The number of hydrogen-bond acceptors (Lipinski definition) is 4. The van der Waals surface area contributed by atoms with E-state index in [0.29, 0.717) is 12.1 Å². The van der Waals surface area contributed by atoms with Gasteiger partial charge in [0.25, 0.3) is 15.9 Å². The topological polar surface area (TPSA) is 66.9 Å². The van der Waals surface area contributed by atoms with Crippen LogP contribution in [-0.2, 0) is 14.9 Å². The van der Waals surface area contributed by atoms with E-state index in [9.17, 15) is 13.2 Å². The fourth-order valence-corrected chi connectivity index (χ4v) is 4.46. The highest BCUT2D eigenvalue weighted by Gasteiger charge is 2.25. The number of halogens is 1. The molecule has 8 heteroatoms. The van der Waals surface area contributed by atoms with Crippen molar-refractivity contribution in [3.05, 3.63) is 64.1 Å². The first kappa shape index (κ1) is 22.5. The van der Waals surface area contributed by atoms with Gasteiger partial charge in [-0.15, -0.1) is 0 Å². The van der Waals surface area contributed by atoms with Crippen molar-refractivity contribution < 1.29 is 18.0 Å². The lowest BCUT2D eigenvalue weighted by Crippen LogP contribution is -2.34. The molecule has 2 rings (SSSR count). The van der Waals surface area contributed by atoms with Crippen LogP contribution >= 0.6 is 15.9 Å². The van der Waals surface area contributed by atoms with Crippen molar-refractivity contribution in [2.45, 2.75) is 31.2 Å². The van der Waals surface area contributed by atoms with Gasteiger partial charge in [0.05, 0.1) is 18.0 Å². The minimum absolute atomic E-state index is 0.0642. The lowest BCUT2D eigenvalue weighted by Gasteiger charge is -2.30. The van der Waals surface area contributed by atoms with Gasteiger partial charge >= 0.3 is 0 Å². The molecule has 0 saturated heterocycles. The molecular weight excluding hydrogens is 444 g/mol. The Kier molecular flexibility index (Phi) is 7.77. The molecule has 0 aromatic heterocycles. The Hall–Kier alpha value is -1.74. The van der Waals surface area contributed by atoms with Crippen molar-refractivity contribution in [3.63, 3.8) is 0 Å². The molecule has 6 nitrogen and oxygen atoms in total. The zero-order valence-electron chi connectivity index (χ0n) is 16.4. The first-order valence-corrected chi connectivity index (χ1v) is 11.2. The van der Waals surface area contributed by atoms with E-state index in [-0.39, 0.29) is 16.8 Å². The fraction of sp³-hybridized carbons (Fsp3) is 0.350. The summed E-state index contributed by atoms with van der Waals surface area (Å²) in [6.07, 6.45) is 0.811. The summed E-state index contributed by atoms with van der Waals surface area (Å²) in [6.45, 7) is 4.59. The van der Waals surface area contributed by atoms with Crippen LogP contribution < -0.4 is 0 Å². The summed E-state index contributed by atoms with van der Waals surface area (Å²) in [5.41, 5.74) is 1.46. The number of benzene rings is 2. The lowest BCUT2D eigenvalue weighted by atomic mass is 10.1. The van der Waals surface area contributed by atoms with E-state index < -0.39 is 10.0 Å². The number of amides is 1. The highest BCUT2D eigenvalue weighted by atomic mass is 79.9. The Morgan fingerprint density at radius 3 is 2.29 bits per heavy atom. The number of hydrogen-bond donors (Lipinski definition) is 0. The molecule has 1 atom stereocenters. The highest BCUT2D eigenvalue weighted by Crippen LogP contribution is 2.29. The normalized spacial score (nSPS) is 12.8. The first-order valence-electron chi connectivity index (χ1n) is 8.92. The van der Waals surface area contributed by atoms with Crippen molar-refractivity contribution in [2.24, 2.45) is 0 Å². The van der Waals surface area contributed by atoms with Crippen LogP contribution in [0, 0.1) is 0 Å². The van der Waals surface area contributed by atoms with Crippen molar-refractivity contribution in [1.82, 2.24) is 9.37 Å². The number of carbonyl (C=O) groups excluding carboxylic acids is 1. The molecule has 0 aliphatic heterocycles. The molecule has 152 valence electrons. The minimum Gasteiger partial charge on any atom is -0.332 e. The van der Waals surface area contributed by atoms with Gasteiger partial charge in [-0.05, 0) is 49.2 Å². The highest BCUT2D eigenvalue weighted by molar-refractivity contribution is 9.10. The second-order valence-electron chi connectivity index (χ2n) is 6.32. The molecule has 1 unspecified atom stereocenters. The van der Waals surface area contributed by atoms with Gasteiger partial charge in [0, 0.05) is 23.6 Å². The van der Waals surface area contributed by atoms with E-state index in [1.54, 1.807) is 4.90 Å². The van der Waals surface area contributed by atoms with Crippen LogP contribution in [0.3, 0.4) is 0 Å². The van der Waals surface area contributed by atoms with Crippen molar-refractivity contribution in [2.75, 3.05) is 20.7 Å². The molecule has 0 aliphatic rings. The Morgan fingerprint density at radius 2 is 1.75 bits per heavy atom. The molecule has 2 aromatic carbocycles. The molecular formula is C20H25BrN2O4S. The van der Waals surface area contributed by atoms with Crippen LogP contribution in [0.5, 0.6) is 0 Å². The predicted octanol–water partition coefficient (Wildman–Crippen LogP) is 4.24. The third-order valence-corrected chi connectivity index (χ3v) is 6.96. The van der Waals surface area contributed by atoms with E-state index in [1.807, 2.05) is 38.1 Å². The number of rotatable bonds is 8. The number of carbonyl (C=O) groups is 1. The second kappa shape index (κ2) is 9.65. The average Bonchev–Trinajstić information content (AvgIpc) is 2.70. The second-order valence-corrected chi connectivity index (χ2v) is 9.11. The summed E-state index contributed by atoms with van der Waals surface area (Å²) in [6, 6.07) is 13.6. The summed E-state index contributed by atoms with van der Waals surface area (Å²) in [4.78, 5) is 19.8. The van der Waals surface area contributed by atoms with E-state index in [4.69, 9.17) is 4.84 Å². The zero-order valence-corrected chi connectivity index (χ0v) is 18.8. The summed E-state index contributed by atoms with van der Waals surface area (Å²) >= 11 is 3.55. The Labute approximate surface area is 175 Å². The van der Waals surface area contributed by atoms with Crippen LogP contribution in [0.1, 0.15) is 42.2 Å². The zero-order chi connectivity index (χ0) is 20.9. The van der Waals surface area contributed by atoms with Crippen LogP contribution in [0.2, 0.25) is 0 Å². The van der Waals surface area contributed by atoms with Crippen LogP contribution in [-0.4, -0.2) is 44.4 Å². The van der Waals surface area contributed by atoms with Crippen LogP contribution in [0.4, 0.5) is 0 Å². The molecule has 0 aliphatic carbocycles. The van der Waals surface area contributed by atoms with Crippen molar-refractivity contribution >= 4 is 31.9 Å². The van der Waals surface area contributed by atoms with Crippen LogP contribution in [0.15, 0.2) is 57.9 Å². The molecule has 28 heavy (non-hydrogen) atoms. The number of hydroxylamine groups is 1. The maximum Gasteiger partial charge on any atom is 0.264 e. The van der Waals surface area contributed by atoms with Crippen molar-refractivity contribution in [3.8, 4) is 0 Å². The maximum absolute atomic E-state index is 13.1. The fourth-order valence-electron chi connectivity index (χ4n) is 2.88. The number of sulfonamides is 1. The SMILES string of the molecule is CCCN(C(=O)c1ccc(S(=O)(=O)N(C)OC)cc1)C(C)c1ccccc1Br. The van der Waals surface area contributed by atoms with E-state index in [1.165, 1.54) is 38.4 Å². The van der Waals surface area contributed by atoms with E-state index >= 15 is 0 Å². The molecule has 0 radical (unpaired) electrons. The van der Waals surface area contributed by atoms with Gasteiger partial charge in [-0.3, -0.25) is 9.63 Å². The van der Waals surface area contributed by atoms with Gasteiger partial charge in [-0.2, -0.15) is 0 Å². The van der Waals surface area contributed by atoms with Gasteiger partial charge in [-0.1, -0.05) is 45.5 Å². The Balaban J connectivity index is 2.32. The van der Waals surface area contributed by atoms with Crippen LogP contribution in [0.25, 0.3) is 0 Å². The largest absolute Gasteiger partial charge is 0.332 e. The average molecular weight is 469 g/mol. The van der Waals surface area contributed by atoms with Gasteiger partial charge in [0.1, 0.15) is 0 Å². The molecule has 2 aromatic rings.